The third-order valence-electron chi connectivity index (χ3n) is 5.39. The molecule has 0 unspecified atom stereocenters. The Balaban J connectivity index is 1.80. The number of aromatic nitrogens is 4. The lowest BCUT2D eigenvalue weighted by atomic mass is 10.0. The Labute approximate surface area is 174 Å². The van der Waals surface area contributed by atoms with Crippen LogP contribution >= 0.6 is 0 Å². The summed E-state index contributed by atoms with van der Waals surface area (Å²) in [6.07, 6.45) is 8.72. The number of halogens is 1. The SMILES string of the molecule is COCCCn1cc(-c2nc(N)ncc2F)c2cc(C#CC3(O)CCCC3)ncc21. The first kappa shape index (κ1) is 20.3. The van der Waals surface area contributed by atoms with Gasteiger partial charge in [-0.25, -0.2) is 19.3 Å². The first-order valence-corrected chi connectivity index (χ1v) is 10.0. The van der Waals surface area contributed by atoms with Crippen LogP contribution in [-0.2, 0) is 11.3 Å². The number of hydrogen-bond acceptors (Lipinski definition) is 6. The van der Waals surface area contributed by atoms with Crippen LogP contribution in [0.4, 0.5) is 10.3 Å². The summed E-state index contributed by atoms with van der Waals surface area (Å²) < 4.78 is 21.7. The van der Waals surface area contributed by atoms with E-state index in [0.717, 1.165) is 36.4 Å². The Hall–Kier alpha value is -3.02. The van der Waals surface area contributed by atoms with Gasteiger partial charge in [0.2, 0.25) is 5.95 Å². The number of nitrogens with two attached hydrogens (primary N) is 1. The van der Waals surface area contributed by atoms with Crippen LogP contribution in [0.3, 0.4) is 0 Å². The van der Waals surface area contributed by atoms with Crippen molar-refractivity contribution in [3.8, 4) is 23.1 Å². The van der Waals surface area contributed by atoms with Crippen LogP contribution in [0.25, 0.3) is 22.2 Å². The van der Waals surface area contributed by atoms with Crippen molar-refractivity contribution >= 4 is 16.9 Å². The standard InChI is InChI=1S/C22H24FN5O2/c1-30-10-4-9-28-14-17(20-18(23)12-26-21(24)27-20)16-11-15(25-13-19(16)28)5-8-22(29)6-2-3-7-22/h11-14,29H,2-4,6-7,9-10H2,1H3,(H2,24,26,27). The second-order valence-corrected chi connectivity index (χ2v) is 7.58. The first-order chi connectivity index (χ1) is 14.5. The van der Waals surface area contributed by atoms with E-state index in [4.69, 9.17) is 10.5 Å². The first-order valence-electron chi connectivity index (χ1n) is 10.0. The normalized spacial score (nSPS) is 15.3. The molecule has 3 heterocycles. The number of pyridine rings is 1. The molecule has 0 spiro atoms. The number of nitrogens with zero attached hydrogens (tertiary/aromatic N) is 4. The minimum Gasteiger partial charge on any atom is -0.385 e. The molecule has 3 aromatic rings. The minimum atomic E-state index is -0.946. The van der Waals surface area contributed by atoms with Crippen LogP contribution in [0, 0.1) is 17.7 Å². The van der Waals surface area contributed by atoms with E-state index < -0.39 is 11.4 Å². The predicted octanol–water partition coefficient (Wildman–Crippen LogP) is 2.91. The molecular weight excluding hydrogens is 385 g/mol. The average Bonchev–Trinajstić information content (AvgIpc) is 3.33. The van der Waals surface area contributed by atoms with Crippen LogP contribution in [-0.4, -0.2) is 43.9 Å². The van der Waals surface area contributed by atoms with E-state index >= 15 is 0 Å². The molecule has 3 aromatic heterocycles. The van der Waals surface area contributed by atoms with E-state index in [1.54, 1.807) is 19.4 Å². The van der Waals surface area contributed by atoms with Gasteiger partial charge in [-0.15, -0.1) is 0 Å². The highest BCUT2D eigenvalue weighted by atomic mass is 19.1. The molecule has 1 aliphatic carbocycles. The van der Waals surface area contributed by atoms with E-state index in [2.05, 4.69) is 26.8 Å². The lowest BCUT2D eigenvalue weighted by molar-refractivity contribution is 0.110. The molecule has 1 fully saturated rings. The number of aliphatic hydroxyl groups is 1. The number of methoxy groups -OCH3 is 1. The Kier molecular flexibility index (Phi) is 5.66. The molecule has 8 heteroatoms. The second-order valence-electron chi connectivity index (χ2n) is 7.58. The molecule has 7 nitrogen and oxygen atoms in total. The van der Waals surface area contributed by atoms with Gasteiger partial charge in [0.1, 0.15) is 17.0 Å². The quantitative estimate of drug-likeness (QED) is 0.497. The smallest absolute Gasteiger partial charge is 0.220 e. The average molecular weight is 409 g/mol. The Bertz CT molecular complexity index is 1130. The molecule has 1 saturated carbocycles. The number of ether oxygens (including phenoxy) is 1. The van der Waals surface area contributed by atoms with Gasteiger partial charge in [-0.05, 0) is 44.1 Å². The van der Waals surface area contributed by atoms with Gasteiger partial charge >= 0.3 is 0 Å². The molecule has 4 rings (SSSR count). The molecule has 0 amide bonds. The summed E-state index contributed by atoms with van der Waals surface area (Å²) in [4.78, 5) is 12.3. The highest BCUT2D eigenvalue weighted by Crippen LogP contribution is 2.32. The van der Waals surface area contributed by atoms with Gasteiger partial charge in [-0.3, -0.25) is 0 Å². The van der Waals surface area contributed by atoms with Crippen molar-refractivity contribution in [2.45, 2.75) is 44.2 Å². The molecule has 0 saturated heterocycles. The topological polar surface area (TPSA) is 99.1 Å². The Morgan fingerprint density at radius 2 is 2.10 bits per heavy atom. The number of nitrogen functional groups attached to an aromatic ring is 1. The highest BCUT2D eigenvalue weighted by molar-refractivity contribution is 5.95. The predicted molar refractivity (Wildman–Crippen MR) is 112 cm³/mol. The van der Waals surface area contributed by atoms with Gasteiger partial charge in [0.05, 0.1) is 17.9 Å². The number of rotatable bonds is 5. The van der Waals surface area contributed by atoms with Crippen molar-refractivity contribution < 1.29 is 14.2 Å². The number of fused-ring (bicyclic) bond motifs is 1. The van der Waals surface area contributed by atoms with Crippen LogP contribution in [0.5, 0.6) is 0 Å². The third-order valence-corrected chi connectivity index (χ3v) is 5.39. The van der Waals surface area contributed by atoms with E-state index in [0.29, 0.717) is 37.3 Å². The van der Waals surface area contributed by atoms with E-state index in [9.17, 15) is 9.50 Å². The molecule has 156 valence electrons. The number of anilines is 1. The Morgan fingerprint density at radius 3 is 2.87 bits per heavy atom. The monoisotopic (exact) mass is 409 g/mol. The molecule has 0 aliphatic heterocycles. The van der Waals surface area contributed by atoms with Gasteiger partial charge in [-0.2, -0.15) is 0 Å². The number of hydrogen-bond donors (Lipinski definition) is 2. The Morgan fingerprint density at radius 1 is 1.30 bits per heavy atom. The molecule has 0 radical (unpaired) electrons. The maximum absolute atomic E-state index is 14.5. The van der Waals surface area contributed by atoms with Crippen molar-refractivity contribution in [1.29, 1.82) is 0 Å². The zero-order chi connectivity index (χ0) is 21.1. The van der Waals surface area contributed by atoms with Gasteiger partial charge in [-0.1, -0.05) is 5.92 Å². The zero-order valence-corrected chi connectivity index (χ0v) is 16.9. The fourth-order valence-electron chi connectivity index (χ4n) is 3.84. The van der Waals surface area contributed by atoms with Crippen LogP contribution < -0.4 is 5.73 Å². The van der Waals surface area contributed by atoms with Crippen LogP contribution in [0.15, 0.2) is 24.7 Å². The fourth-order valence-corrected chi connectivity index (χ4v) is 3.84. The lowest BCUT2D eigenvalue weighted by Crippen LogP contribution is -2.20. The molecule has 3 N–H and O–H groups in total. The van der Waals surface area contributed by atoms with Gasteiger partial charge in [0.15, 0.2) is 5.82 Å². The summed E-state index contributed by atoms with van der Waals surface area (Å²) in [5.41, 5.74) is 6.84. The van der Waals surface area contributed by atoms with Gasteiger partial charge in [0, 0.05) is 37.4 Å². The molecule has 0 atom stereocenters. The third kappa shape index (κ3) is 4.13. The number of aryl methyl sites for hydroxylation is 1. The summed E-state index contributed by atoms with van der Waals surface area (Å²) in [5.74, 6) is 5.41. The van der Waals surface area contributed by atoms with Crippen molar-refractivity contribution in [2.75, 3.05) is 19.5 Å². The molecule has 0 bridgehead atoms. The zero-order valence-electron chi connectivity index (χ0n) is 16.9. The fraction of sp³-hybridized carbons (Fsp3) is 0.409. The van der Waals surface area contributed by atoms with Crippen molar-refractivity contribution in [3.05, 3.63) is 36.2 Å². The summed E-state index contributed by atoms with van der Waals surface area (Å²) in [6, 6.07) is 1.81. The molecule has 0 aromatic carbocycles. The van der Waals surface area contributed by atoms with Crippen molar-refractivity contribution in [1.82, 2.24) is 19.5 Å². The van der Waals surface area contributed by atoms with Crippen molar-refractivity contribution in [2.24, 2.45) is 0 Å². The van der Waals surface area contributed by atoms with E-state index in [1.807, 2.05) is 10.8 Å². The molecular formula is C22H24FN5O2. The summed E-state index contributed by atoms with van der Waals surface area (Å²) >= 11 is 0. The maximum Gasteiger partial charge on any atom is 0.220 e. The minimum absolute atomic E-state index is 0.00390. The summed E-state index contributed by atoms with van der Waals surface area (Å²) in [5, 5.41) is 11.3. The summed E-state index contributed by atoms with van der Waals surface area (Å²) in [6.45, 7) is 1.29. The second kappa shape index (κ2) is 8.38. The van der Waals surface area contributed by atoms with E-state index in [1.165, 1.54) is 0 Å². The largest absolute Gasteiger partial charge is 0.385 e. The van der Waals surface area contributed by atoms with Crippen molar-refractivity contribution in [3.63, 3.8) is 0 Å². The van der Waals surface area contributed by atoms with Gasteiger partial charge in [0.25, 0.3) is 0 Å². The van der Waals surface area contributed by atoms with Crippen LogP contribution in [0.2, 0.25) is 0 Å². The summed E-state index contributed by atoms with van der Waals surface area (Å²) in [7, 11) is 1.66. The lowest BCUT2D eigenvalue weighted by Gasteiger charge is -2.12. The van der Waals surface area contributed by atoms with Gasteiger partial charge < -0.3 is 20.1 Å². The van der Waals surface area contributed by atoms with Crippen LogP contribution in [0.1, 0.15) is 37.8 Å². The maximum atomic E-state index is 14.5. The van der Waals surface area contributed by atoms with E-state index in [-0.39, 0.29) is 11.6 Å². The molecule has 30 heavy (non-hydrogen) atoms. The highest BCUT2D eigenvalue weighted by Gasteiger charge is 2.28. The molecule has 1 aliphatic rings.